The van der Waals surface area contributed by atoms with E-state index >= 15 is 0 Å². The topological polar surface area (TPSA) is 89.5 Å². The Kier molecular flexibility index (Phi) is 5.79. The highest BCUT2D eigenvalue weighted by Gasteiger charge is 2.27. The molecule has 0 spiro atoms. The summed E-state index contributed by atoms with van der Waals surface area (Å²) in [5.74, 6) is -1.42. The predicted molar refractivity (Wildman–Crippen MR) is 100 cm³/mol. The van der Waals surface area contributed by atoms with Crippen molar-refractivity contribution >= 4 is 22.8 Å². The highest BCUT2D eigenvalue weighted by molar-refractivity contribution is 6.32. The second kappa shape index (κ2) is 8.48. The minimum Gasteiger partial charge on any atom is -0.471 e. The number of benzene rings is 1. The molecule has 3 heterocycles. The fraction of sp³-hybridized carbons (Fsp3) is 0.368. The summed E-state index contributed by atoms with van der Waals surface area (Å²) in [6.45, 7) is 0.0959. The van der Waals surface area contributed by atoms with Crippen molar-refractivity contribution < 1.29 is 28.1 Å². The summed E-state index contributed by atoms with van der Waals surface area (Å²) < 4.78 is 44.2. The summed E-state index contributed by atoms with van der Waals surface area (Å²) in [6, 6.07) is 5.37. The molecule has 0 amide bonds. The maximum atomic E-state index is 13.7. The van der Waals surface area contributed by atoms with Crippen LogP contribution in [0.1, 0.15) is 18.4 Å². The molecular weight excluding hydrogens is 408 g/mol. The molecule has 0 radical (unpaired) electrons. The van der Waals surface area contributed by atoms with E-state index in [2.05, 4.69) is 15.0 Å². The highest BCUT2D eigenvalue weighted by Crippen LogP contribution is 2.29. The van der Waals surface area contributed by atoms with E-state index in [-0.39, 0.29) is 47.9 Å². The number of aliphatic hydroxyl groups is 1. The molecule has 0 unspecified atom stereocenters. The summed E-state index contributed by atoms with van der Waals surface area (Å²) in [4.78, 5) is 11.4. The van der Waals surface area contributed by atoms with Crippen LogP contribution in [0.15, 0.2) is 24.3 Å². The Morgan fingerprint density at radius 3 is 2.83 bits per heavy atom. The van der Waals surface area contributed by atoms with Crippen molar-refractivity contribution in [1.82, 2.24) is 15.0 Å². The molecule has 1 aliphatic heterocycles. The van der Waals surface area contributed by atoms with Crippen LogP contribution in [0.2, 0.25) is 5.02 Å². The van der Waals surface area contributed by atoms with Crippen LogP contribution in [0, 0.1) is 11.6 Å². The van der Waals surface area contributed by atoms with Gasteiger partial charge in [0.05, 0.1) is 23.8 Å². The lowest BCUT2D eigenvalue weighted by Crippen LogP contribution is -2.17. The molecule has 2 N–H and O–H groups in total. The molecule has 1 saturated heterocycles. The number of halogens is 3. The number of aromatic nitrogens is 3. The molecule has 4 rings (SSSR count). The average molecular weight is 426 g/mol. The number of pyridine rings is 1. The van der Waals surface area contributed by atoms with Gasteiger partial charge in [0.2, 0.25) is 5.88 Å². The number of hydrogen-bond acceptors (Lipinski definition) is 6. The number of nitrogens with zero attached hydrogens (tertiary/aromatic N) is 2. The zero-order chi connectivity index (χ0) is 20.4. The van der Waals surface area contributed by atoms with Crippen LogP contribution in [0.4, 0.5) is 8.78 Å². The van der Waals surface area contributed by atoms with E-state index in [0.29, 0.717) is 30.6 Å². The number of hydrogen-bond donors (Lipinski definition) is 2. The Hall–Kier alpha value is -2.49. The molecular formula is C19H18ClF2N3O4. The largest absolute Gasteiger partial charge is 0.471 e. The van der Waals surface area contributed by atoms with Crippen LogP contribution in [-0.4, -0.2) is 45.5 Å². The van der Waals surface area contributed by atoms with Gasteiger partial charge < -0.3 is 24.3 Å². The number of fused-ring (bicyclic) bond motifs is 1. The average Bonchev–Trinajstić information content (AvgIpc) is 3.28. The van der Waals surface area contributed by atoms with Crippen molar-refractivity contribution in [2.45, 2.75) is 31.7 Å². The van der Waals surface area contributed by atoms with Crippen LogP contribution in [0.3, 0.4) is 0 Å². The van der Waals surface area contributed by atoms with Gasteiger partial charge in [-0.1, -0.05) is 17.7 Å². The van der Waals surface area contributed by atoms with Gasteiger partial charge in [-0.3, -0.25) is 0 Å². The number of imidazole rings is 1. The van der Waals surface area contributed by atoms with Crippen molar-refractivity contribution in [3.05, 3.63) is 46.5 Å². The standard InChI is InChI=1S/C19H18ClF2N3O4/c20-13-7-16-17(24-18(13)28-9-12-14(21)2-1-3-15(12)22)25-19(23-16)29-11-6-10(4-5-26)27-8-11/h1-3,7,10-11,26H,4-6,8-9H2,(H,23,24,25)/t10-,11-/m1/s1. The summed E-state index contributed by atoms with van der Waals surface area (Å²) in [5.41, 5.74) is 0.606. The van der Waals surface area contributed by atoms with Gasteiger partial charge >= 0.3 is 0 Å². The molecule has 1 aromatic carbocycles. The molecule has 1 aliphatic rings. The fourth-order valence-corrected chi connectivity index (χ4v) is 3.31. The maximum absolute atomic E-state index is 13.7. The first-order valence-corrected chi connectivity index (χ1v) is 9.42. The molecule has 2 aromatic heterocycles. The van der Waals surface area contributed by atoms with E-state index in [4.69, 9.17) is 30.9 Å². The molecule has 1 fully saturated rings. The lowest BCUT2D eigenvalue weighted by atomic mass is 10.1. The van der Waals surface area contributed by atoms with E-state index in [0.717, 1.165) is 12.1 Å². The Morgan fingerprint density at radius 2 is 2.07 bits per heavy atom. The SMILES string of the molecule is OCC[C@@H]1C[C@@H](Oc2nc3nc(OCc4c(F)cccc4F)c(Cl)cc3[nH]2)CO1. The Labute approximate surface area is 169 Å². The molecule has 10 heteroatoms. The van der Waals surface area contributed by atoms with Gasteiger partial charge in [-0.25, -0.2) is 8.78 Å². The number of H-pyrrole nitrogens is 1. The van der Waals surface area contributed by atoms with Crippen LogP contribution in [0.25, 0.3) is 11.2 Å². The summed E-state index contributed by atoms with van der Waals surface area (Å²) in [7, 11) is 0. The Balaban J connectivity index is 1.47. The van der Waals surface area contributed by atoms with Gasteiger partial charge in [-0.15, -0.1) is 0 Å². The number of aliphatic hydroxyl groups excluding tert-OH is 1. The van der Waals surface area contributed by atoms with Crippen LogP contribution in [-0.2, 0) is 11.3 Å². The minimum absolute atomic E-state index is 0.00655. The van der Waals surface area contributed by atoms with Crippen molar-refractivity contribution in [1.29, 1.82) is 0 Å². The second-order valence-electron chi connectivity index (χ2n) is 6.62. The quantitative estimate of drug-likeness (QED) is 0.603. The molecule has 154 valence electrons. The summed E-state index contributed by atoms with van der Waals surface area (Å²) in [6.07, 6.45) is 0.970. The third-order valence-electron chi connectivity index (χ3n) is 4.56. The van der Waals surface area contributed by atoms with Crippen LogP contribution < -0.4 is 9.47 Å². The number of aromatic amines is 1. The normalized spacial score (nSPS) is 19.0. The van der Waals surface area contributed by atoms with Crippen molar-refractivity contribution in [3.8, 4) is 11.9 Å². The van der Waals surface area contributed by atoms with E-state index in [1.807, 2.05) is 0 Å². The summed E-state index contributed by atoms with van der Waals surface area (Å²) >= 11 is 6.18. The molecule has 3 aromatic rings. The first kappa shape index (κ1) is 19.8. The number of ether oxygens (including phenoxy) is 3. The van der Waals surface area contributed by atoms with Crippen molar-refractivity contribution in [2.75, 3.05) is 13.2 Å². The maximum Gasteiger partial charge on any atom is 0.296 e. The molecule has 2 atom stereocenters. The lowest BCUT2D eigenvalue weighted by Gasteiger charge is -2.08. The highest BCUT2D eigenvalue weighted by atomic mass is 35.5. The predicted octanol–water partition coefficient (Wildman–Crippen LogP) is 3.39. The number of rotatable bonds is 7. The van der Waals surface area contributed by atoms with E-state index in [1.54, 1.807) is 6.07 Å². The molecule has 0 bridgehead atoms. The van der Waals surface area contributed by atoms with Crippen molar-refractivity contribution in [2.24, 2.45) is 0 Å². The molecule has 0 saturated carbocycles. The zero-order valence-electron chi connectivity index (χ0n) is 15.2. The summed E-state index contributed by atoms with van der Waals surface area (Å²) in [5, 5.41) is 9.15. The lowest BCUT2D eigenvalue weighted by molar-refractivity contribution is 0.0755. The van der Waals surface area contributed by atoms with Gasteiger partial charge in [0.25, 0.3) is 6.01 Å². The monoisotopic (exact) mass is 425 g/mol. The van der Waals surface area contributed by atoms with Gasteiger partial charge in [0, 0.05) is 13.0 Å². The van der Waals surface area contributed by atoms with Gasteiger partial charge in [0.1, 0.15) is 29.4 Å². The van der Waals surface area contributed by atoms with Gasteiger partial charge in [-0.05, 0) is 24.6 Å². The van der Waals surface area contributed by atoms with Crippen LogP contribution >= 0.6 is 11.6 Å². The van der Waals surface area contributed by atoms with E-state index < -0.39 is 11.6 Å². The Bertz CT molecular complexity index is 996. The van der Waals surface area contributed by atoms with Gasteiger partial charge in [0.15, 0.2) is 5.65 Å². The minimum atomic E-state index is -0.712. The molecule has 7 nitrogen and oxygen atoms in total. The zero-order valence-corrected chi connectivity index (χ0v) is 16.0. The second-order valence-corrected chi connectivity index (χ2v) is 7.03. The first-order valence-electron chi connectivity index (χ1n) is 9.04. The van der Waals surface area contributed by atoms with E-state index in [9.17, 15) is 8.78 Å². The Morgan fingerprint density at radius 1 is 1.28 bits per heavy atom. The van der Waals surface area contributed by atoms with Crippen LogP contribution in [0.5, 0.6) is 11.9 Å². The third-order valence-corrected chi connectivity index (χ3v) is 4.83. The molecule has 29 heavy (non-hydrogen) atoms. The van der Waals surface area contributed by atoms with Crippen molar-refractivity contribution in [3.63, 3.8) is 0 Å². The first-order chi connectivity index (χ1) is 14.0. The molecule has 0 aliphatic carbocycles. The van der Waals surface area contributed by atoms with E-state index in [1.165, 1.54) is 6.07 Å². The third kappa shape index (κ3) is 4.42. The smallest absolute Gasteiger partial charge is 0.296 e. The van der Waals surface area contributed by atoms with Gasteiger partial charge in [-0.2, -0.15) is 9.97 Å². The fourth-order valence-electron chi connectivity index (χ4n) is 3.11. The number of nitrogens with one attached hydrogen (secondary N) is 1.